The van der Waals surface area contributed by atoms with E-state index in [-0.39, 0.29) is 5.41 Å². The molecule has 0 bridgehead atoms. The molecule has 1 unspecified atom stereocenters. The SMILES string of the molecule is CC(C)(C)C1CN(c2ccc(Cl)cc2I)CCCN1. The van der Waals surface area contributed by atoms with Crippen LogP contribution >= 0.6 is 34.2 Å². The standard InChI is InChI=1S/C15H22ClIN2/c1-15(2,3)14-10-19(8-4-7-18-14)13-6-5-11(16)9-12(13)17/h5-6,9,14,18H,4,7-8,10H2,1-3H3. The summed E-state index contributed by atoms with van der Waals surface area (Å²) in [6.45, 7) is 10.2. The van der Waals surface area contributed by atoms with E-state index in [2.05, 4.69) is 59.6 Å². The van der Waals surface area contributed by atoms with Crippen molar-refractivity contribution in [2.75, 3.05) is 24.5 Å². The van der Waals surface area contributed by atoms with Crippen LogP contribution < -0.4 is 10.2 Å². The second kappa shape index (κ2) is 6.19. The third-order valence-electron chi connectivity index (χ3n) is 3.69. The number of nitrogens with zero attached hydrogens (tertiary/aromatic N) is 1. The second-order valence-electron chi connectivity index (χ2n) is 6.27. The Kier molecular flexibility index (Phi) is 5.01. The molecule has 2 rings (SSSR count). The molecule has 1 aromatic carbocycles. The van der Waals surface area contributed by atoms with Crippen LogP contribution in [0, 0.1) is 8.99 Å². The van der Waals surface area contributed by atoms with E-state index in [1.54, 1.807) is 0 Å². The summed E-state index contributed by atoms with van der Waals surface area (Å²) in [4.78, 5) is 2.49. The molecule has 1 N–H and O–H groups in total. The fourth-order valence-corrected chi connectivity index (χ4v) is 3.67. The van der Waals surface area contributed by atoms with Gasteiger partial charge in [-0.15, -0.1) is 0 Å². The molecule has 106 valence electrons. The van der Waals surface area contributed by atoms with Gasteiger partial charge in [-0.25, -0.2) is 0 Å². The predicted octanol–water partition coefficient (Wildman–Crippen LogP) is 4.16. The van der Waals surface area contributed by atoms with Crippen LogP contribution in [-0.2, 0) is 0 Å². The highest BCUT2D eigenvalue weighted by Gasteiger charge is 2.28. The van der Waals surface area contributed by atoms with E-state index in [4.69, 9.17) is 11.6 Å². The van der Waals surface area contributed by atoms with Crippen LogP contribution in [-0.4, -0.2) is 25.7 Å². The average Bonchev–Trinajstić information content (AvgIpc) is 2.54. The molecular formula is C15H22ClIN2. The highest BCUT2D eigenvalue weighted by Crippen LogP contribution is 2.29. The molecule has 0 aliphatic carbocycles. The first kappa shape index (κ1) is 15.4. The van der Waals surface area contributed by atoms with E-state index in [1.165, 1.54) is 15.7 Å². The Morgan fingerprint density at radius 3 is 2.74 bits per heavy atom. The number of hydrogen-bond donors (Lipinski definition) is 1. The number of nitrogens with one attached hydrogen (secondary N) is 1. The van der Waals surface area contributed by atoms with Crippen LogP contribution in [0.2, 0.25) is 5.02 Å². The third kappa shape index (κ3) is 3.99. The summed E-state index contributed by atoms with van der Waals surface area (Å²) >= 11 is 8.44. The van der Waals surface area contributed by atoms with Crippen molar-refractivity contribution in [2.24, 2.45) is 5.41 Å². The van der Waals surface area contributed by atoms with Gasteiger partial charge in [0.1, 0.15) is 0 Å². The summed E-state index contributed by atoms with van der Waals surface area (Å²) in [5.74, 6) is 0. The molecule has 0 radical (unpaired) electrons. The van der Waals surface area contributed by atoms with Crippen LogP contribution in [0.15, 0.2) is 18.2 Å². The molecule has 1 aromatic rings. The Balaban J connectivity index is 2.22. The van der Waals surface area contributed by atoms with E-state index in [0.717, 1.165) is 24.7 Å². The minimum atomic E-state index is 0.278. The first-order valence-electron chi connectivity index (χ1n) is 6.81. The summed E-state index contributed by atoms with van der Waals surface area (Å²) in [6, 6.07) is 6.70. The van der Waals surface area contributed by atoms with Gasteiger partial charge in [-0.05, 0) is 59.2 Å². The van der Waals surface area contributed by atoms with Gasteiger partial charge in [-0.2, -0.15) is 0 Å². The van der Waals surface area contributed by atoms with Crippen LogP contribution in [0.3, 0.4) is 0 Å². The molecule has 1 saturated heterocycles. The summed E-state index contributed by atoms with van der Waals surface area (Å²) in [6.07, 6.45) is 1.19. The Labute approximate surface area is 135 Å². The topological polar surface area (TPSA) is 15.3 Å². The minimum Gasteiger partial charge on any atom is -0.369 e. The number of rotatable bonds is 1. The lowest BCUT2D eigenvalue weighted by Gasteiger charge is -2.35. The fraction of sp³-hybridized carbons (Fsp3) is 0.600. The fourth-order valence-electron chi connectivity index (χ4n) is 2.46. The molecule has 0 amide bonds. The Hall–Kier alpha value is -0.0000000000000000763. The highest BCUT2D eigenvalue weighted by atomic mass is 127. The second-order valence-corrected chi connectivity index (χ2v) is 7.87. The zero-order valence-corrected chi connectivity index (χ0v) is 14.8. The Bertz CT molecular complexity index is 442. The van der Waals surface area contributed by atoms with Gasteiger partial charge in [0.2, 0.25) is 0 Å². The zero-order chi connectivity index (χ0) is 14.0. The van der Waals surface area contributed by atoms with Crippen LogP contribution in [0.4, 0.5) is 5.69 Å². The average molecular weight is 393 g/mol. The molecule has 1 fully saturated rings. The largest absolute Gasteiger partial charge is 0.369 e. The number of benzene rings is 1. The summed E-state index contributed by atoms with van der Waals surface area (Å²) in [7, 11) is 0. The van der Waals surface area contributed by atoms with E-state index >= 15 is 0 Å². The number of anilines is 1. The molecule has 1 atom stereocenters. The van der Waals surface area contributed by atoms with Crippen molar-refractivity contribution in [3.8, 4) is 0 Å². The third-order valence-corrected chi connectivity index (χ3v) is 4.79. The lowest BCUT2D eigenvalue weighted by atomic mass is 9.86. The first-order valence-corrected chi connectivity index (χ1v) is 8.27. The monoisotopic (exact) mass is 392 g/mol. The van der Waals surface area contributed by atoms with Crippen molar-refractivity contribution in [1.82, 2.24) is 5.32 Å². The maximum absolute atomic E-state index is 6.05. The van der Waals surface area contributed by atoms with Gasteiger partial charge in [0, 0.05) is 27.7 Å². The van der Waals surface area contributed by atoms with Crippen molar-refractivity contribution in [1.29, 1.82) is 0 Å². The number of halogens is 2. The molecular weight excluding hydrogens is 371 g/mol. The zero-order valence-electron chi connectivity index (χ0n) is 11.8. The maximum atomic E-state index is 6.05. The lowest BCUT2D eigenvalue weighted by molar-refractivity contribution is 0.280. The Morgan fingerprint density at radius 2 is 2.11 bits per heavy atom. The minimum absolute atomic E-state index is 0.278. The van der Waals surface area contributed by atoms with Gasteiger partial charge in [-0.3, -0.25) is 0 Å². The molecule has 0 spiro atoms. The van der Waals surface area contributed by atoms with Gasteiger partial charge in [0.25, 0.3) is 0 Å². The summed E-state index contributed by atoms with van der Waals surface area (Å²) in [5.41, 5.74) is 1.59. The molecule has 1 aliphatic heterocycles. The predicted molar refractivity (Wildman–Crippen MR) is 92.2 cm³/mol. The van der Waals surface area contributed by atoms with Crippen LogP contribution in [0.5, 0.6) is 0 Å². The molecule has 4 heteroatoms. The van der Waals surface area contributed by atoms with Gasteiger partial charge in [-0.1, -0.05) is 32.4 Å². The van der Waals surface area contributed by atoms with Crippen molar-refractivity contribution in [2.45, 2.75) is 33.2 Å². The van der Waals surface area contributed by atoms with Gasteiger partial charge in [0.15, 0.2) is 0 Å². The lowest BCUT2D eigenvalue weighted by Crippen LogP contribution is -2.46. The Morgan fingerprint density at radius 1 is 1.37 bits per heavy atom. The van der Waals surface area contributed by atoms with Gasteiger partial charge >= 0.3 is 0 Å². The van der Waals surface area contributed by atoms with Crippen molar-refractivity contribution >= 4 is 39.9 Å². The van der Waals surface area contributed by atoms with E-state index < -0.39 is 0 Å². The van der Waals surface area contributed by atoms with Crippen LogP contribution in [0.25, 0.3) is 0 Å². The normalized spacial score (nSPS) is 21.3. The molecule has 1 heterocycles. The number of hydrogen-bond acceptors (Lipinski definition) is 2. The van der Waals surface area contributed by atoms with Gasteiger partial charge < -0.3 is 10.2 Å². The van der Waals surface area contributed by atoms with E-state index in [9.17, 15) is 0 Å². The molecule has 0 aromatic heterocycles. The summed E-state index contributed by atoms with van der Waals surface area (Å²) < 4.78 is 1.24. The van der Waals surface area contributed by atoms with E-state index in [0.29, 0.717) is 6.04 Å². The van der Waals surface area contributed by atoms with Crippen molar-refractivity contribution in [3.05, 3.63) is 26.8 Å². The van der Waals surface area contributed by atoms with E-state index in [1.807, 2.05) is 12.1 Å². The smallest absolute Gasteiger partial charge is 0.0503 e. The van der Waals surface area contributed by atoms with Crippen LogP contribution in [0.1, 0.15) is 27.2 Å². The first-order chi connectivity index (χ1) is 8.88. The highest BCUT2D eigenvalue weighted by molar-refractivity contribution is 14.1. The van der Waals surface area contributed by atoms with Gasteiger partial charge in [0.05, 0.1) is 5.69 Å². The van der Waals surface area contributed by atoms with Crippen molar-refractivity contribution < 1.29 is 0 Å². The molecule has 19 heavy (non-hydrogen) atoms. The molecule has 2 nitrogen and oxygen atoms in total. The quantitative estimate of drug-likeness (QED) is 0.722. The summed E-state index contributed by atoms with van der Waals surface area (Å²) in [5, 5.41) is 4.50. The van der Waals surface area contributed by atoms with Crippen molar-refractivity contribution in [3.63, 3.8) is 0 Å². The molecule has 1 aliphatic rings. The maximum Gasteiger partial charge on any atom is 0.0503 e. The molecule has 0 saturated carbocycles.